The average molecular weight is 378 g/mol. The lowest BCUT2D eigenvalue weighted by Gasteiger charge is -2.39. The Morgan fingerprint density at radius 3 is 2.69 bits per heavy atom. The summed E-state index contributed by atoms with van der Waals surface area (Å²) >= 11 is 1.36. The van der Waals surface area contributed by atoms with E-state index in [0.717, 1.165) is 25.8 Å². The van der Waals surface area contributed by atoms with Gasteiger partial charge in [-0.3, -0.25) is 14.4 Å². The molecule has 0 N–H and O–H groups in total. The number of carbonyl (C=O) groups excluding carboxylic acids is 3. The molecule has 6 heteroatoms. The maximum atomic E-state index is 12.6. The van der Waals surface area contributed by atoms with Crippen molar-refractivity contribution in [3.63, 3.8) is 0 Å². The van der Waals surface area contributed by atoms with E-state index >= 15 is 0 Å². The Balaban J connectivity index is 1.45. The van der Waals surface area contributed by atoms with Gasteiger partial charge < -0.3 is 9.64 Å². The molecule has 2 heterocycles. The molecule has 3 rings (SSSR count). The molecule has 1 aromatic heterocycles. The number of carbonyl (C=O) groups is 3. The summed E-state index contributed by atoms with van der Waals surface area (Å²) in [7, 11) is 0. The number of ketones is 1. The fourth-order valence-electron chi connectivity index (χ4n) is 4.82. The smallest absolute Gasteiger partial charge is 0.306 e. The quantitative estimate of drug-likeness (QED) is 0.560. The minimum absolute atomic E-state index is 0.0121. The highest BCUT2D eigenvalue weighted by molar-refractivity contribution is 7.12. The van der Waals surface area contributed by atoms with Gasteiger partial charge in [-0.2, -0.15) is 0 Å². The van der Waals surface area contributed by atoms with Crippen molar-refractivity contribution in [1.29, 1.82) is 0 Å². The van der Waals surface area contributed by atoms with Crippen molar-refractivity contribution in [2.24, 2.45) is 10.8 Å². The van der Waals surface area contributed by atoms with Crippen LogP contribution >= 0.6 is 11.3 Å². The van der Waals surface area contributed by atoms with Crippen LogP contribution in [0.5, 0.6) is 0 Å². The van der Waals surface area contributed by atoms with E-state index in [2.05, 4.69) is 20.8 Å². The van der Waals surface area contributed by atoms with Gasteiger partial charge in [0.05, 0.1) is 11.3 Å². The van der Waals surface area contributed by atoms with Gasteiger partial charge in [0.1, 0.15) is 0 Å². The van der Waals surface area contributed by atoms with Gasteiger partial charge >= 0.3 is 5.97 Å². The summed E-state index contributed by atoms with van der Waals surface area (Å²) in [5.74, 6) is -0.668. The zero-order valence-corrected chi connectivity index (χ0v) is 16.6. The van der Waals surface area contributed by atoms with Crippen LogP contribution < -0.4 is 0 Å². The number of likely N-dealkylation sites (tertiary alicyclic amines) is 1. The maximum Gasteiger partial charge on any atom is 0.306 e. The summed E-state index contributed by atoms with van der Waals surface area (Å²) in [5.41, 5.74) is 0.407. The Morgan fingerprint density at radius 2 is 2.00 bits per heavy atom. The van der Waals surface area contributed by atoms with E-state index in [1.165, 1.54) is 11.3 Å². The largest absolute Gasteiger partial charge is 0.456 e. The number of thiophene rings is 1. The molecule has 1 aliphatic carbocycles. The van der Waals surface area contributed by atoms with Crippen molar-refractivity contribution in [3.8, 4) is 0 Å². The van der Waals surface area contributed by atoms with Crippen LogP contribution in [0, 0.1) is 10.8 Å². The Labute approximate surface area is 158 Å². The van der Waals surface area contributed by atoms with Gasteiger partial charge in [0.25, 0.3) is 5.91 Å². The van der Waals surface area contributed by atoms with E-state index in [0.29, 0.717) is 4.88 Å². The van der Waals surface area contributed by atoms with E-state index in [1.807, 2.05) is 16.3 Å². The van der Waals surface area contributed by atoms with Crippen LogP contribution in [-0.2, 0) is 14.3 Å². The Bertz CT molecular complexity index is 697. The van der Waals surface area contributed by atoms with E-state index in [-0.39, 0.29) is 48.0 Å². The second-order valence-electron chi connectivity index (χ2n) is 8.80. The van der Waals surface area contributed by atoms with Gasteiger partial charge in [-0.15, -0.1) is 11.3 Å². The number of Topliss-reactive ketones (excluding diaryl/α,β-unsaturated/α-hetero) is 1. The first-order chi connectivity index (χ1) is 12.2. The third-order valence-corrected chi connectivity index (χ3v) is 6.35. The molecule has 1 saturated heterocycles. The fraction of sp³-hybridized carbons (Fsp3) is 0.650. The molecule has 1 saturated carbocycles. The summed E-state index contributed by atoms with van der Waals surface area (Å²) in [6, 6.07) is 3.80. The lowest BCUT2D eigenvalue weighted by Crippen LogP contribution is -2.39. The number of amides is 1. The number of ether oxygens (including phenoxy) is 1. The van der Waals surface area contributed by atoms with Crippen molar-refractivity contribution in [3.05, 3.63) is 22.4 Å². The highest BCUT2D eigenvalue weighted by Gasteiger charge is 2.50. The lowest BCUT2D eigenvalue weighted by atomic mass is 9.65. The standard InChI is InChI=1S/C20H27NO4S/c1-19(2)9-14-10-20(3,12-19)13-21(14)17(23)11-25-18(24)7-6-15(22)16-5-4-8-26-16/h4-5,8,14H,6-7,9-13H2,1-3H3/t14-,20+/m1/s1. The Hall–Kier alpha value is -1.69. The minimum Gasteiger partial charge on any atom is -0.456 e. The van der Waals surface area contributed by atoms with Gasteiger partial charge in [-0.05, 0) is 41.5 Å². The number of rotatable bonds is 6. The molecule has 2 bridgehead atoms. The minimum atomic E-state index is -0.489. The monoisotopic (exact) mass is 377 g/mol. The molecule has 0 aromatic carbocycles. The number of hydrogen-bond donors (Lipinski definition) is 0. The van der Waals surface area contributed by atoms with E-state index in [9.17, 15) is 14.4 Å². The van der Waals surface area contributed by atoms with Gasteiger partial charge in [0.2, 0.25) is 0 Å². The van der Waals surface area contributed by atoms with Crippen molar-refractivity contribution in [2.75, 3.05) is 13.2 Å². The highest BCUT2D eigenvalue weighted by Crippen LogP contribution is 2.52. The summed E-state index contributed by atoms with van der Waals surface area (Å²) in [5, 5.41) is 1.83. The predicted octanol–water partition coefficient (Wildman–Crippen LogP) is 3.68. The van der Waals surface area contributed by atoms with Crippen molar-refractivity contribution < 1.29 is 19.1 Å². The molecule has 1 aromatic rings. The zero-order chi connectivity index (χ0) is 18.9. The summed E-state index contributed by atoms with van der Waals surface area (Å²) in [6.45, 7) is 7.29. The van der Waals surface area contributed by atoms with Crippen LogP contribution in [0.15, 0.2) is 17.5 Å². The lowest BCUT2D eigenvalue weighted by molar-refractivity contribution is -0.152. The SMILES string of the molecule is CC1(C)C[C@@H]2C[C@](C)(CN2C(=O)COC(=O)CCC(=O)c2cccs2)C1. The molecule has 2 atom stereocenters. The molecule has 0 spiro atoms. The van der Waals surface area contributed by atoms with Gasteiger partial charge in [0.15, 0.2) is 12.4 Å². The van der Waals surface area contributed by atoms with Crippen LogP contribution in [-0.4, -0.2) is 41.8 Å². The summed E-state index contributed by atoms with van der Waals surface area (Å²) in [6.07, 6.45) is 3.28. The number of fused-ring (bicyclic) bond motifs is 2. The van der Waals surface area contributed by atoms with Gasteiger partial charge in [-0.1, -0.05) is 26.8 Å². The van der Waals surface area contributed by atoms with Crippen molar-refractivity contribution in [2.45, 2.75) is 58.9 Å². The molecule has 2 fully saturated rings. The van der Waals surface area contributed by atoms with Gasteiger partial charge in [-0.25, -0.2) is 0 Å². The van der Waals surface area contributed by atoms with Crippen molar-refractivity contribution in [1.82, 2.24) is 4.90 Å². The van der Waals surface area contributed by atoms with E-state index in [1.54, 1.807) is 6.07 Å². The third kappa shape index (κ3) is 4.34. The number of nitrogens with zero attached hydrogens (tertiary/aromatic N) is 1. The van der Waals surface area contributed by atoms with Crippen LogP contribution in [0.3, 0.4) is 0 Å². The Morgan fingerprint density at radius 1 is 1.23 bits per heavy atom. The van der Waals surface area contributed by atoms with Crippen LogP contribution in [0.25, 0.3) is 0 Å². The highest BCUT2D eigenvalue weighted by atomic mass is 32.1. The average Bonchev–Trinajstić information content (AvgIpc) is 3.15. The second-order valence-corrected chi connectivity index (χ2v) is 9.74. The molecule has 0 radical (unpaired) electrons. The molecular formula is C20H27NO4S. The number of esters is 1. The first-order valence-electron chi connectivity index (χ1n) is 9.19. The zero-order valence-electron chi connectivity index (χ0n) is 15.7. The predicted molar refractivity (Wildman–Crippen MR) is 100 cm³/mol. The normalized spacial score (nSPS) is 26.6. The molecule has 2 aliphatic rings. The van der Waals surface area contributed by atoms with E-state index in [4.69, 9.17) is 4.74 Å². The summed E-state index contributed by atoms with van der Waals surface area (Å²) in [4.78, 5) is 38.9. The maximum absolute atomic E-state index is 12.6. The molecular weight excluding hydrogens is 350 g/mol. The molecule has 1 amide bonds. The van der Waals surface area contributed by atoms with Crippen LogP contribution in [0.1, 0.15) is 62.5 Å². The third-order valence-electron chi connectivity index (χ3n) is 5.44. The topological polar surface area (TPSA) is 63.7 Å². The molecule has 0 unspecified atom stereocenters. The molecule has 1 aliphatic heterocycles. The van der Waals surface area contributed by atoms with Crippen LogP contribution in [0.2, 0.25) is 0 Å². The molecule has 26 heavy (non-hydrogen) atoms. The molecule has 5 nitrogen and oxygen atoms in total. The van der Waals surface area contributed by atoms with Crippen LogP contribution in [0.4, 0.5) is 0 Å². The summed E-state index contributed by atoms with van der Waals surface area (Å²) < 4.78 is 5.14. The first-order valence-corrected chi connectivity index (χ1v) is 10.1. The molecule has 142 valence electrons. The van der Waals surface area contributed by atoms with Gasteiger partial charge in [0, 0.05) is 19.0 Å². The first kappa shape index (κ1) is 19.1. The fourth-order valence-corrected chi connectivity index (χ4v) is 5.52. The second kappa shape index (κ2) is 7.14. The number of hydrogen-bond acceptors (Lipinski definition) is 5. The van der Waals surface area contributed by atoms with E-state index < -0.39 is 5.97 Å². The Kier molecular flexibility index (Phi) is 5.24. The van der Waals surface area contributed by atoms with Crippen molar-refractivity contribution >= 4 is 29.0 Å².